The van der Waals surface area contributed by atoms with E-state index in [-0.39, 0.29) is 18.1 Å². The molecular formula is C9H12O5S. The first-order valence-corrected chi connectivity index (χ1v) is 5.95. The summed E-state index contributed by atoms with van der Waals surface area (Å²) in [4.78, 5) is 0. The van der Waals surface area contributed by atoms with Gasteiger partial charge in [-0.2, -0.15) is 8.42 Å². The number of benzene rings is 1. The molecule has 0 amide bonds. The topological polar surface area (TPSA) is 72.8 Å². The predicted molar refractivity (Wildman–Crippen MR) is 54.4 cm³/mol. The molecule has 0 atom stereocenters. The minimum atomic E-state index is -3.57. The highest BCUT2D eigenvalue weighted by Gasteiger charge is 2.10. The van der Waals surface area contributed by atoms with E-state index < -0.39 is 10.1 Å². The van der Waals surface area contributed by atoms with Crippen molar-refractivity contribution in [2.24, 2.45) is 0 Å². The van der Waals surface area contributed by atoms with Crippen LogP contribution in [0, 0.1) is 0 Å². The average molecular weight is 232 g/mol. The highest BCUT2D eigenvalue weighted by molar-refractivity contribution is 7.86. The van der Waals surface area contributed by atoms with Crippen LogP contribution in [0.5, 0.6) is 11.5 Å². The average Bonchev–Trinajstić information content (AvgIpc) is 2.16. The van der Waals surface area contributed by atoms with Crippen molar-refractivity contribution in [3.63, 3.8) is 0 Å². The number of rotatable bonds is 4. The van der Waals surface area contributed by atoms with Crippen molar-refractivity contribution in [1.82, 2.24) is 0 Å². The normalized spacial score (nSPS) is 11.1. The Bertz CT molecular complexity index is 438. The summed E-state index contributed by atoms with van der Waals surface area (Å²) in [5.41, 5.74) is 0.618. The van der Waals surface area contributed by atoms with Gasteiger partial charge in [0.05, 0.1) is 20.0 Å². The highest BCUT2D eigenvalue weighted by Crippen LogP contribution is 2.28. The summed E-state index contributed by atoms with van der Waals surface area (Å²) in [5.74, 6) is 0.379. The van der Waals surface area contributed by atoms with Crippen molar-refractivity contribution >= 4 is 10.1 Å². The molecule has 0 aliphatic rings. The van der Waals surface area contributed by atoms with Gasteiger partial charge in [0.15, 0.2) is 11.5 Å². The van der Waals surface area contributed by atoms with E-state index in [0.717, 1.165) is 6.26 Å². The van der Waals surface area contributed by atoms with Gasteiger partial charge in [-0.15, -0.1) is 0 Å². The first-order chi connectivity index (χ1) is 6.96. The summed E-state index contributed by atoms with van der Waals surface area (Å²) in [6.45, 7) is -0.143. The number of aliphatic hydroxyl groups is 1. The lowest BCUT2D eigenvalue weighted by molar-refractivity contribution is 0.280. The molecule has 0 radical (unpaired) electrons. The van der Waals surface area contributed by atoms with Gasteiger partial charge < -0.3 is 14.0 Å². The Morgan fingerprint density at radius 2 is 2.00 bits per heavy atom. The van der Waals surface area contributed by atoms with E-state index in [4.69, 9.17) is 9.84 Å². The third kappa shape index (κ3) is 3.41. The van der Waals surface area contributed by atoms with Crippen LogP contribution in [0.4, 0.5) is 0 Å². The Hall–Kier alpha value is -1.27. The fourth-order valence-corrected chi connectivity index (χ4v) is 1.51. The lowest BCUT2D eigenvalue weighted by Gasteiger charge is -2.09. The van der Waals surface area contributed by atoms with Gasteiger partial charge in [0, 0.05) is 0 Å². The summed E-state index contributed by atoms with van der Waals surface area (Å²) >= 11 is 0. The third-order valence-electron chi connectivity index (χ3n) is 1.65. The van der Waals surface area contributed by atoms with Gasteiger partial charge in [0.1, 0.15) is 0 Å². The molecule has 0 bridgehead atoms. The van der Waals surface area contributed by atoms with E-state index >= 15 is 0 Å². The van der Waals surface area contributed by atoms with E-state index in [0.29, 0.717) is 5.56 Å². The number of hydrogen-bond donors (Lipinski definition) is 1. The van der Waals surface area contributed by atoms with E-state index in [1.165, 1.54) is 19.2 Å². The van der Waals surface area contributed by atoms with E-state index in [2.05, 4.69) is 4.18 Å². The molecule has 1 N–H and O–H groups in total. The molecule has 84 valence electrons. The second-order valence-corrected chi connectivity index (χ2v) is 4.51. The van der Waals surface area contributed by atoms with Crippen LogP contribution in [0.3, 0.4) is 0 Å². The second-order valence-electron chi connectivity index (χ2n) is 2.93. The summed E-state index contributed by atoms with van der Waals surface area (Å²) in [7, 11) is -2.18. The van der Waals surface area contributed by atoms with Crippen molar-refractivity contribution in [1.29, 1.82) is 0 Å². The van der Waals surface area contributed by atoms with Gasteiger partial charge in [-0.25, -0.2) is 0 Å². The molecule has 0 aliphatic carbocycles. The zero-order chi connectivity index (χ0) is 11.5. The Morgan fingerprint density at radius 1 is 1.33 bits per heavy atom. The molecule has 0 spiro atoms. The number of aliphatic hydroxyl groups excluding tert-OH is 1. The van der Waals surface area contributed by atoms with E-state index in [1.807, 2.05) is 0 Å². The second kappa shape index (κ2) is 4.50. The predicted octanol–water partition coefficient (Wildman–Crippen LogP) is 0.526. The highest BCUT2D eigenvalue weighted by atomic mass is 32.2. The van der Waals surface area contributed by atoms with Crippen molar-refractivity contribution in [2.75, 3.05) is 13.4 Å². The van der Waals surface area contributed by atoms with Crippen molar-refractivity contribution in [2.45, 2.75) is 6.61 Å². The van der Waals surface area contributed by atoms with Crippen molar-refractivity contribution < 1.29 is 22.4 Å². The molecule has 1 aromatic carbocycles. The van der Waals surface area contributed by atoms with Gasteiger partial charge in [0.25, 0.3) is 0 Å². The number of methoxy groups -OCH3 is 1. The van der Waals surface area contributed by atoms with Crippen molar-refractivity contribution in [3.8, 4) is 11.5 Å². The van der Waals surface area contributed by atoms with Crippen LogP contribution in [0.2, 0.25) is 0 Å². The molecule has 0 fully saturated rings. The summed E-state index contributed by atoms with van der Waals surface area (Å²) in [6.07, 6.45) is 0.951. The van der Waals surface area contributed by atoms with Crippen LogP contribution in [0.1, 0.15) is 5.56 Å². The zero-order valence-corrected chi connectivity index (χ0v) is 9.24. The molecule has 0 unspecified atom stereocenters. The number of ether oxygens (including phenoxy) is 1. The van der Waals surface area contributed by atoms with Gasteiger partial charge >= 0.3 is 10.1 Å². The van der Waals surface area contributed by atoms with Gasteiger partial charge in [-0.3, -0.25) is 0 Å². The SMILES string of the molecule is COc1cc(CO)ccc1OS(C)(=O)=O. The summed E-state index contributed by atoms with van der Waals surface area (Å²) in [6, 6.07) is 4.51. The van der Waals surface area contributed by atoms with Gasteiger partial charge in [-0.1, -0.05) is 6.07 Å². The Labute approximate surface area is 88.4 Å². The molecule has 5 nitrogen and oxygen atoms in total. The fraction of sp³-hybridized carbons (Fsp3) is 0.333. The summed E-state index contributed by atoms with van der Waals surface area (Å²) < 4.78 is 31.4. The van der Waals surface area contributed by atoms with E-state index in [9.17, 15) is 8.42 Å². The Morgan fingerprint density at radius 3 is 2.47 bits per heavy atom. The fourth-order valence-electron chi connectivity index (χ4n) is 1.04. The third-order valence-corrected chi connectivity index (χ3v) is 2.13. The van der Waals surface area contributed by atoms with Crippen LogP contribution in [0.15, 0.2) is 18.2 Å². The molecule has 1 rings (SSSR count). The smallest absolute Gasteiger partial charge is 0.306 e. The maximum atomic E-state index is 10.9. The molecular weight excluding hydrogens is 220 g/mol. The van der Waals surface area contributed by atoms with Crippen molar-refractivity contribution in [3.05, 3.63) is 23.8 Å². The molecule has 0 saturated carbocycles. The zero-order valence-electron chi connectivity index (χ0n) is 8.43. The lowest BCUT2D eigenvalue weighted by Crippen LogP contribution is -2.07. The molecule has 0 saturated heterocycles. The van der Waals surface area contributed by atoms with Gasteiger partial charge in [0.2, 0.25) is 0 Å². The molecule has 1 aromatic rings. The van der Waals surface area contributed by atoms with Gasteiger partial charge in [-0.05, 0) is 17.7 Å². The maximum absolute atomic E-state index is 10.9. The Balaban J connectivity index is 3.08. The van der Waals surface area contributed by atoms with Crippen LogP contribution >= 0.6 is 0 Å². The monoisotopic (exact) mass is 232 g/mol. The summed E-state index contributed by atoms with van der Waals surface area (Å²) in [5, 5.41) is 8.87. The molecule has 15 heavy (non-hydrogen) atoms. The quantitative estimate of drug-likeness (QED) is 0.766. The van der Waals surface area contributed by atoms with E-state index in [1.54, 1.807) is 6.07 Å². The van der Waals surface area contributed by atoms with Crippen LogP contribution in [-0.4, -0.2) is 26.9 Å². The first kappa shape index (κ1) is 11.8. The molecule has 0 aromatic heterocycles. The standard InChI is InChI=1S/C9H12O5S/c1-13-9-5-7(6-10)3-4-8(9)14-15(2,11)12/h3-5,10H,6H2,1-2H3. The lowest BCUT2D eigenvalue weighted by atomic mass is 10.2. The van der Waals surface area contributed by atoms with Crippen LogP contribution in [0.25, 0.3) is 0 Å². The number of hydrogen-bond acceptors (Lipinski definition) is 5. The molecule has 0 heterocycles. The first-order valence-electron chi connectivity index (χ1n) is 4.13. The van der Waals surface area contributed by atoms with Crippen LogP contribution in [-0.2, 0) is 16.7 Å². The maximum Gasteiger partial charge on any atom is 0.306 e. The minimum absolute atomic E-state index is 0.109. The largest absolute Gasteiger partial charge is 0.493 e. The molecule has 0 aliphatic heterocycles. The Kier molecular flexibility index (Phi) is 3.54. The van der Waals surface area contributed by atoms with Crippen LogP contribution < -0.4 is 8.92 Å². The minimum Gasteiger partial charge on any atom is -0.493 e. The molecule has 6 heteroatoms.